The minimum absolute atomic E-state index is 0.0401. The summed E-state index contributed by atoms with van der Waals surface area (Å²) in [6.07, 6.45) is 3.25. The molecule has 1 fully saturated rings. The maximum Gasteiger partial charge on any atom is 0.243 e. The van der Waals surface area contributed by atoms with E-state index in [1.807, 2.05) is 6.92 Å². The lowest BCUT2D eigenvalue weighted by Crippen LogP contribution is -2.40. The van der Waals surface area contributed by atoms with Crippen molar-refractivity contribution in [2.75, 3.05) is 5.73 Å². The molecule has 1 aliphatic carbocycles. The van der Waals surface area contributed by atoms with Crippen molar-refractivity contribution in [3.05, 3.63) is 22.2 Å². The number of halogens is 2. The molecular formula is C12H16Cl2N2O2S. The Morgan fingerprint density at radius 3 is 2.26 bits per heavy atom. The Labute approximate surface area is 123 Å². The smallest absolute Gasteiger partial charge is 0.243 e. The lowest BCUT2D eigenvalue weighted by molar-refractivity contribution is 0.260. The van der Waals surface area contributed by atoms with Crippen LogP contribution in [0.15, 0.2) is 17.0 Å². The highest BCUT2D eigenvalue weighted by molar-refractivity contribution is 7.89. The minimum Gasteiger partial charge on any atom is -0.399 e. The van der Waals surface area contributed by atoms with Crippen molar-refractivity contribution in [1.82, 2.24) is 4.72 Å². The third-order valence-electron chi connectivity index (χ3n) is 3.49. The predicted octanol–water partition coefficient (Wildman–Crippen LogP) is 3.04. The molecule has 1 aliphatic rings. The second-order valence-corrected chi connectivity index (χ2v) is 7.38. The fourth-order valence-electron chi connectivity index (χ4n) is 2.18. The van der Waals surface area contributed by atoms with Crippen LogP contribution in [0.5, 0.6) is 0 Å². The van der Waals surface area contributed by atoms with E-state index in [0.717, 1.165) is 19.3 Å². The van der Waals surface area contributed by atoms with Gasteiger partial charge in [0.25, 0.3) is 0 Å². The van der Waals surface area contributed by atoms with Gasteiger partial charge in [-0.1, -0.05) is 29.6 Å². The van der Waals surface area contributed by atoms with E-state index in [1.165, 1.54) is 12.1 Å². The van der Waals surface area contributed by atoms with Crippen LogP contribution >= 0.6 is 23.2 Å². The number of hydrogen-bond donors (Lipinski definition) is 2. The van der Waals surface area contributed by atoms with Gasteiger partial charge in [0, 0.05) is 11.7 Å². The van der Waals surface area contributed by atoms with Crippen molar-refractivity contribution in [2.24, 2.45) is 5.92 Å². The number of anilines is 1. The van der Waals surface area contributed by atoms with Crippen molar-refractivity contribution in [3.63, 3.8) is 0 Å². The summed E-state index contributed by atoms with van der Waals surface area (Å²) in [7, 11) is -3.73. The SMILES string of the molecule is CC(NS(=O)(=O)c1c(Cl)cc(N)cc1Cl)C1CCC1. The molecular weight excluding hydrogens is 307 g/mol. The molecule has 0 saturated heterocycles. The summed E-state index contributed by atoms with van der Waals surface area (Å²) in [4.78, 5) is -0.101. The van der Waals surface area contributed by atoms with Gasteiger partial charge in [0.1, 0.15) is 4.90 Å². The van der Waals surface area contributed by atoms with Crippen molar-refractivity contribution >= 4 is 38.9 Å². The topological polar surface area (TPSA) is 72.2 Å². The molecule has 1 saturated carbocycles. The summed E-state index contributed by atoms with van der Waals surface area (Å²) >= 11 is 11.9. The van der Waals surface area contributed by atoms with Crippen molar-refractivity contribution < 1.29 is 8.42 Å². The summed E-state index contributed by atoms with van der Waals surface area (Å²) < 4.78 is 27.3. The molecule has 19 heavy (non-hydrogen) atoms. The van der Waals surface area contributed by atoms with E-state index in [9.17, 15) is 8.42 Å². The van der Waals surface area contributed by atoms with Crippen LogP contribution in [0.3, 0.4) is 0 Å². The third kappa shape index (κ3) is 3.16. The third-order valence-corrected chi connectivity index (χ3v) is 5.97. The Morgan fingerprint density at radius 2 is 1.84 bits per heavy atom. The van der Waals surface area contributed by atoms with Gasteiger partial charge in [-0.25, -0.2) is 13.1 Å². The molecule has 106 valence electrons. The first-order valence-corrected chi connectivity index (χ1v) is 8.32. The zero-order valence-electron chi connectivity index (χ0n) is 10.5. The highest BCUT2D eigenvalue weighted by Gasteiger charge is 2.30. The first kappa shape index (κ1) is 14.9. The largest absolute Gasteiger partial charge is 0.399 e. The van der Waals surface area contributed by atoms with E-state index in [2.05, 4.69) is 4.72 Å². The number of nitrogen functional groups attached to an aromatic ring is 1. The maximum absolute atomic E-state index is 12.3. The average Bonchev–Trinajstić information content (AvgIpc) is 2.09. The molecule has 0 amide bonds. The summed E-state index contributed by atoms with van der Waals surface area (Å²) in [6, 6.07) is 2.65. The summed E-state index contributed by atoms with van der Waals surface area (Å²) in [5.41, 5.74) is 5.90. The average molecular weight is 323 g/mol. The summed E-state index contributed by atoms with van der Waals surface area (Å²) in [5, 5.41) is 0.0802. The van der Waals surface area contributed by atoms with Gasteiger partial charge in [0.05, 0.1) is 10.0 Å². The molecule has 0 bridgehead atoms. The number of sulfonamides is 1. The zero-order chi connectivity index (χ0) is 14.2. The molecule has 4 nitrogen and oxygen atoms in total. The molecule has 2 rings (SSSR count). The summed E-state index contributed by atoms with van der Waals surface area (Å²) in [6.45, 7) is 1.86. The highest BCUT2D eigenvalue weighted by atomic mass is 35.5. The molecule has 7 heteroatoms. The Kier molecular flexibility index (Phi) is 4.30. The lowest BCUT2D eigenvalue weighted by atomic mass is 9.81. The molecule has 3 N–H and O–H groups in total. The van der Waals surface area contributed by atoms with E-state index in [1.54, 1.807) is 0 Å². The van der Waals surface area contributed by atoms with Crippen molar-refractivity contribution in [3.8, 4) is 0 Å². The first-order valence-electron chi connectivity index (χ1n) is 6.08. The van der Waals surface area contributed by atoms with E-state index < -0.39 is 10.0 Å². The quantitative estimate of drug-likeness (QED) is 0.837. The van der Waals surface area contributed by atoms with E-state index >= 15 is 0 Å². The predicted molar refractivity (Wildman–Crippen MR) is 78.0 cm³/mol. The molecule has 1 aromatic carbocycles. The van der Waals surface area contributed by atoms with Gasteiger partial charge in [-0.15, -0.1) is 0 Å². The number of nitrogens with two attached hydrogens (primary N) is 1. The maximum atomic E-state index is 12.3. The molecule has 1 atom stereocenters. The van der Waals surface area contributed by atoms with Gasteiger partial charge in [-0.3, -0.25) is 0 Å². The van der Waals surface area contributed by atoms with Gasteiger partial charge < -0.3 is 5.73 Å². The number of benzene rings is 1. The van der Waals surface area contributed by atoms with Gasteiger partial charge in [0.15, 0.2) is 0 Å². The highest BCUT2D eigenvalue weighted by Crippen LogP contribution is 2.34. The number of nitrogens with one attached hydrogen (secondary N) is 1. The molecule has 0 heterocycles. The Morgan fingerprint density at radius 1 is 1.32 bits per heavy atom. The molecule has 0 radical (unpaired) electrons. The second kappa shape index (κ2) is 5.48. The van der Waals surface area contributed by atoms with Crippen LogP contribution in [-0.4, -0.2) is 14.5 Å². The summed E-state index contributed by atoms with van der Waals surface area (Å²) in [5.74, 6) is 0.390. The van der Waals surface area contributed by atoms with Crippen LogP contribution < -0.4 is 10.5 Å². The molecule has 1 unspecified atom stereocenters. The first-order chi connectivity index (χ1) is 8.81. The van der Waals surface area contributed by atoms with Crippen LogP contribution in [0.2, 0.25) is 10.0 Å². The van der Waals surface area contributed by atoms with Gasteiger partial charge >= 0.3 is 0 Å². The van der Waals surface area contributed by atoms with E-state index in [0.29, 0.717) is 11.6 Å². The fourth-order valence-corrected chi connectivity index (χ4v) is 4.72. The van der Waals surface area contributed by atoms with Gasteiger partial charge in [-0.2, -0.15) is 0 Å². The minimum atomic E-state index is -3.73. The van der Waals surface area contributed by atoms with Crippen LogP contribution in [0, 0.1) is 5.92 Å². The lowest BCUT2D eigenvalue weighted by Gasteiger charge is -2.31. The van der Waals surface area contributed by atoms with Crippen LogP contribution in [-0.2, 0) is 10.0 Å². The van der Waals surface area contributed by atoms with Crippen molar-refractivity contribution in [1.29, 1.82) is 0 Å². The molecule has 0 aromatic heterocycles. The molecule has 0 aliphatic heterocycles. The molecule has 0 spiro atoms. The van der Waals surface area contributed by atoms with E-state index in [-0.39, 0.29) is 21.0 Å². The van der Waals surface area contributed by atoms with Gasteiger partial charge in [-0.05, 0) is 37.8 Å². The van der Waals surface area contributed by atoms with Crippen LogP contribution in [0.1, 0.15) is 26.2 Å². The van der Waals surface area contributed by atoms with Gasteiger partial charge in [0.2, 0.25) is 10.0 Å². The van der Waals surface area contributed by atoms with Crippen LogP contribution in [0.4, 0.5) is 5.69 Å². The Bertz CT molecular complexity index is 562. The number of hydrogen-bond acceptors (Lipinski definition) is 3. The Hall–Kier alpha value is -0.490. The van der Waals surface area contributed by atoms with Crippen LogP contribution in [0.25, 0.3) is 0 Å². The Balaban J connectivity index is 2.29. The van der Waals surface area contributed by atoms with Crippen molar-refractivity contribution in [2.45, 2.75) is 37.1 Å². The van der Waals surface area contributed by atoms with E-state index in [4.69, 9.17) is 28.9 Å². The monoisotopic (exact) mass is 322 g/mol. The second-order valence-electron chi connectivity index (χ2n) is 4.91. The number of rotatable bonds is 4. The zero-order valence-corrected chi connectivity index (χ0v) is 12.8. The molecule has 1 aromatic rings. The fraction of sp³-hybridized carbons (Fsp3) is 0.500. The normalized spacial score (nSPS) is 18.1. The standard InChI is InChI=1S/C12H16Cl2N2O2S/c1-7(8-3-2-4-8)16-19(17,18)12-10(13)5-9(15)6-11(12)14/h5-8,16H,2-4,15H2,1H3.